The summed E-state index contributed by atoms with van der Waals surface area (Å²) in [7, 11) is 7.90. The number of halogens is 1. The predicted octanol–water partition coefficient (Wildman–Crippen LogP) is 3.37. The molecule has 6 nitrogen and oxygen atoms in total. The van der Waals surface area contributed by atoms with Crippen molar-refractivity contribution in [3.63, 3.8) is 0 Å². The second-order valence-electron chi connectivity index (χ2n) is 6.46. The molecule has 0 atom stereocenters. The summed E-state index contributed by atoms with van der Waals surface area (Å²) in [5.41, 5.74) is 2.36. The van der Waals surface area contributed by atoms with Crippen molar-refractivity contribution >= 4 is 57.7 Å². The number of thiazole rings is 2. The number of rotatable bonds is 5. The lowest BCUT2D eigenvalue weighted by molar-refractivity contribution is 0.474. The minimum absolute atomic E-state index is 0. The number of aryl methyl sites for hydroxylation is 2. The molecule has 3 rings (SSSR count). The van der Waals surface area contributed by atoms with Gasteiger partial charge in [0.15, 0.2) is 11.1 Å². The fraction of sp³-hybridized carbons (Fsp3) is 0.588. The molecule has 2 aromatic heterocycles. The summed E-state index contributed by atoms with van der Waals surface area (Å²) >= 11 is 3.52. The number of aromatic nitrogens is 2. The molecule has 0 amide bonds. The lowest BCUT2D eigenvalue weighted by Crippen LogP contribution is -2.38. The van der Waals surface area contributed by atoms with Gasteiger partial charge < -0.3 is 15.1 Å². The van der Waals surface area contributed by atoms with Crippen molar-refractivity contribution in [2.75, 3.05) is 33.1 Å². The van der Waals surface area contributed by atoms with Gasteiger partial charge in [0.05, 0.1) is 24.5 Å². The average molecular weight is 506 g/mol. The monoisotopic (exact) mass is 506 g/mol. The Balaban J connectivity index is 0.00000243. The summed E-state index contributed by atoms with van der Waals surface area (Å²) in [6, 6.07) is 0. The summed E-state index contributed by atoms with van der Waals surface area (Å²) < 4.78 is 0. The number of aliphatic imine (C=N–C) groups is 1. The molecule has 0 unspecified atom stereocenters. The van der Waals surface area contributed by atoms with Gasteiger partial charge >= 0.3 is 0 Å². The van der Waals surface area contributed by atoms with Crippen molar-refractivity contribution < 1.29 is 0 Å². The van der Waals surface area contributed by atoms with E-state index in [9.17, 15) is 0 Å². The van der Waals surface area contributed by atoms with E-state index >= 15 is 0 Å². The van der Waals surface area contributed by atoms with Gasteiger partial charge in [0.1, 0.15) is 5.01 Å². The topological polar surface area (TPSA) is 56.7 Å². The van der Waals surface area contributed by atoms with Gasteiger partial charge in [0.2, 0.25) is 0 Å². The largest absolute Gasteiger partial charge is 0.354 e. The molecule has 0 saturated heterocycles. The van der Waals surface area contributed by atoms with Crippen molar-refractivity contribution in [1.29, 1.82) is 0 Å². The molecule has 0 spiro atoms. The highest BCUT2D eigenvalue weighted by Gasteiger charge is 2.17. The first-order valence-electron chi connectivity index (χ1n) is 8.57. The molecule has 1 aliphatic carbocycles. The number of anilines is 1. The maximum atomic E-state index is 4.83. The van der Waals surface area contributed by atoms with E-state index in [1.165, 1.54) is 34.8 Å². The van der Waals surface area contributed by atoms with Gasteiger partial charge in [0, 0.05) is 38.4 Å². The first-order chi connectivity index (χ1) is 12.1. The van der Waals surface area contributed by atoms with E-state index < -0.39 is 0 Å². The van der Waals surface area contributed by atoms with E-state index in [1.54, 1.807) is 11.3 Å². The predicted molar refractivity (Wildman–Crippen MR) is 122 cm³/mol. The zero-order valence-electron chi connectivity index (χ0n) is 15.8. The van der Waals surface area contributed by atoms with Gasteiger partial charge in [-0.25, -0.2) is 9.97 Å². The van der Waals surface area contributed by atoms with Crippen LogP contribution in [0.15, 0.2) is 10.4 Å². The molecule has 26 heavy (non-hydrogen) atoms. The van der Waals surface area contributed by atoms with Crippen molar-refractivity contribution in [2.45, 2.75) is 38.8 Å². The molecule has 1 aliphatic rings. The van der Waals surface area contributed by atoms with E-state index in [-0.39, 0.29) is 24.0 Å². The molecular formula is C17H27IN6S2. The van der Waals surface area contributed by atoms with Crippen molar-refractivity contribution in [3.8, 4) is 0 Å². The van der Waals surface area contributed by atoms with Crippen LogP contribution in [0.3, 0.4) is 0 Å². The molecule has 0 aliphatic heterocycles. The quantitative estimate of drug-likeness (QED) is 0.383. The lowest BCUT2D eigenvalue weighted by Gasteiger charge is -2.20. The molecule has 0 radical (unpaired) electrons. The Morgan fingerprint density at radius 3 is 2.65 bits per heavy atom. The third-order valence-electron chi connectivity index (χ3n) is 4.19. The van der Waals surface area contributed by atoms with Crippen LogP contribution in [0.2, 0.25) is 0 Å². The van der Waals surface area contributed by atoms with Crippen molar-refractivity contribution in [1.82, 2.24) is 20.2 Å². The van der Waals surface area contributed by atoms with Gasteiger partial charge in [-0.15, -0.1) is 46.7 Å². The van der Waals surface area contributed by atoms with Gasteiger partial charge in [-0.05, 0) is 25.7 Å². The molecule has 0 aromatic carbocycles. The van der Waals surface area contributed by atoms with Gasteiger partial charge in [-0.2, -0.15) is 0 Å². The van der Waals surface area contributed by atoms with E-state index in [2.05, 4.69) is 32.6 Å². The fourth-order valence-electron chi connectivity index (χ4n) is 2.89. The van der Waals surface area contributed by atoms with Gasteiger partial charge in [0.25, 0.3) is 0 Å². The molecule has 2 aromatic rings. The Morgan fingerprint density at radius 1 is 1.23 bits per heavy atom. The number of hydrogen-bond acceptors (Lipinski definition) is 6. The van der Waals surface area contributed by atoms with Crippen LogP contribution in [0.1, 0.15) is 34.1 Å². The van der Waals surface area contributed by atoms with Crippen LogP contribution in [0.4, 0.5) is 5.13 Å². The molecule has 144 valence electrons. The van der Waals surface area contributed by atoms with Gasteiger partial charge in [-0.3, -0.25) is 4.99 Å². The summed E-state index contributed by atoms with van der Waals surface area (Å²) in [5, 5.41) is 7.69. The summed E-state index contributed by atoms with van der Waals surface area (Å²) in [5.74, 6) is 0.868. The number of guanidine groups is 1. The maximum Gasteiger partial charge on any atom is 0.194 e. The zero-order valence-corrected chi connectivity index (χ0v) is 19.7. The molecular weight excluding hydrogens is 479 g/mol. The van der Waals surface area contributed by atoms with Crippen LogP contribution in [-0.4, -0.2) is 49.0 Å². The van der Waals surface area contributed by atoms with Crippen LogP contribution in [0.5, 0.6) is 0 Å². The Labute approximate surface area is 180 Å². The Hall–Kier alpha value is -0.940. The average Bonchev–Trinajstić information content (AvgIpc) is 3.21. The van der Waals surface area contributed by atoms with Crippen LogP contribution in [-0.2, 0) is 25.9 Å². The molecule has 0 fully saturated rings. The summed E-state index contributed by atoms with van der Waals surface area (Å²) in [6.45, 7) is 1.47. The highest BCUT2D eigenvalue weighted by atomic mass is 127. The van der Waals surface area contributed by atoms with Crippen molar-refractivity contribution in [3.05, 3.63) is 26.7 Å². The van der Waals surface area contributed by atoms with E-state index in [0.29, 0.717) is 6.54 Å². The molecule has 0 saturated carbocycles. The van der Waals surface area contributed by atoms with Crippen LogP contribution in [0, 0.1) is 0 Å². The highest BCUT2D eigenvalue weighted by molar-refractivity contribution is 14.0. The van der Waals surface area contributed by atoms with E-state index in [1.807, 2.05) is 37.4 Å². The zero-order chi connectivity index (χ0) is 17.8. The van der Waals surface area contributed by atoms with E-state index in [4.69, 9.17) is 4.98 Å². The van der Waals surface area contributed by atoms with Crippen LogP contribution < -0.4 is 10.2 Å². The fourth-order valence-corrected chi connectivity index (χ4v) is 4.86. The number of hydrogen-bond donors (Lipinski definition) is 1. The third kappa shape index (κ3) is 5.29. The maximum absolute atomic E-state index is 4.83. The Kier molecular flexibility index (Phi) is 8.08. The molecule has 2 heterocycles. The normalized spacial score (nSPS) is 13.8. The molecule has 9 heteroatoms. The van der Waals surface area contributed by atoms with E-state index in [0.717, 1.165) is 29.8 Å². The Morgan fingerprint density at radius 2 is 2.00 bits per heavy atom. The Bertz CT molecular complexity index is 716. The minimum Gasteiger partial charge on any atom is -0.354 e. The second-order valence-corrected chi connectivity index (χ2v) is 8.46. The first-order valence-corrected chi connectivity index (χ1v) is 10.3. The first kappa shape index (κ1) is 21.4. The lowest BCUT2D eigenvalue weighted by atomic mass is 10.0. The molecule has 1 N–H and O–H groups in total. The number of nitrogens with zero attached hydrogens (tertiary/aromatic N) is 5. The van der Waals surface area contributed by atoms with Crippen LogP contribution in [0.25, 0.3) is 0 Å². The summed E-state index contributed by atoms with van der Waals surface area (Å²) in [6.07, 6.45) is 4.91. The van der Waals surface area contributed by atoms with Crippen LogP contribution >= 0.6 is 46.7 Å². The number of nitrogens with one attached hydrogen (secondary N) is 1. The second kappa shape index (κ2) is 9.84. The van der Waals surface area contributed by atoms with Gasteiger partial charge in [-0.1, -0.05) is 0 Å². The SMILES string of the molecule is CN=C(NCc1csc(N(C)C)n1)N(C)Cc1nc2c(s1)CCCC2.I. The standard InChI is InChI=1S/C17H26N6S2.HI/c1-18-16(19-9-12-11-24-17(20-12)22(2)3)23(4)10-15-21-13-7-5-6-8-14(13)25-15;/h11H,5-10H2,1-4H3,(H,18,19);1H. The summed E-state index contributed by atoms with van der Waals surface area (Å²) in [4.78, 5) is 19.5. The third-order valence-corrected chi connectivity index (χ3v) is 6.38. The number of fused-ring (bicyclic) bond motifs is 1. The molecule has 0 bridgehead atoms. The minimum atomic E-state index is 0. The van der Waals surface area contributed by atoms with Crippen molar-refractivity contribution in [2.24, 2.45) is 4.99 Å². The highest BCUT2D eigenvalue weighted by Crippen LogP contribution is 2.27. The smallest absolute Gasteiger partial charge is 0.194 e.